The maximum atomic E-state index is 11.4. The first kappa shape index (κ1) is 8.58. The molecule has 0 saturated carbocycles. The smallest absolute Gasteiger partial charge is 0.285 e. The van der Waals surface area contributed by atoms with Gasteiger partial charge in [0.25, 0.3) is 0 Å². The molecule has 0 spiro atoms. The lowest BCUT2D eigenvalue weighted by Gasteiger charge is -2.23. The summed E-state index contributed by atoms with van der Waals surface area (Å²) in [5.41, 5.74) is 2.96. The SMILES string of the molecule is CSC1=NC2=CC(C)NN2C(=O)N1. The van der Waals surface area contributed by atoms with Crippen LogP contribution in [0.5, 0.6) is 0 Å². The number of thioether (sulfide) groups is 1. The van der Waals surface area contributed by atoms with E-state index in [0.29, 0.717) is 11.0 Å². The van der Waals surface area contributed by atoms with Gasteiger partial charge in [-0.15, -0.1) is 0 Å². The van der Waals surface area contributed by atoms with E-state index in [0.717, 1.165) is 0 Å². The molecule has 0 aliphatic carbocycles. The van der Waals surface area contributed by atoms with Gasteiger partial charge >= 0.3 is 6.03 Å². The number of urea groups is 1. The molecule has 2 amide bonds. The van der Waals surface area contributed by atoms with Gasteiger partial charge in [-0.3, -0.25) is 5.32 Å². The summed E-state index contributed by atoms with van der Waals surface area (Å²) in [6.07, 6.45) is 3.79. The first-order valence-electron chi connectivity index (χ1n) is 3.92. The van der Waals surface area contributed by atoms with Gasteiger partial charge < -0.3 is 0 Å². The molecule has 2 N–H and O–H groups in total. The van der Waals surface area contributed by atoms with Crippen molar-refractivity contribution in [1.82, 2.24) is 15.8 Å². The quantitative estimate of drug-likeness (QED) is 0.595. The van der Waals surface area contributed by atoms with Crippen LogP contribution < -0.4 is 10.7 Å². The van der Waals surface area contributed by atoms with Crippen LogP contribution in [0.4, 0.5) is 4.79 Å². The Bertz CT molecular complexity index is 312. The highest BCUT2D eigenvalue weighted by molar-refractivity contribution is 8.13. The molecule has 0 bridgehead atoms. The van der Waals surface area contributed by atoms with Crippen LogP contribution >= 0.6 is 11.8 Å². The van der Waals surface area contributed by atoms with E-state index >= 15 is 0 Å². The van der Waals surface area contributed by atoms with Crippen molar-refractivity contribution in [2.75, 3.05) is 6.26 Å². The maximum absolute atomic E-state index is 11.4. The van der Waals surface area contributed by atoms with Gasteiger partial charge in [0.1, 0.15) is 0 Å². The van der Waals surface area contributed by atoms with Crippen LogP contribution in [0.3, 0.4) is 0 Å². The van der Waals surface area contributed by atoms with Crippen molar-refractivity contribution in [2.45, 2.75) is 13.0 Å². The number of carbonyl (C=O) groups excluding carboxylic acids is 1. The highest BCUT2D eigenvalue weighted by Gasteiger charge is 2.29. The van der Waals surface area contributed by atoms with Crippen molar-refractivity contribution >= 4 is 23.0 Å². The number of hydrogen-bond acceptors (Lipinski definition) is 4. The van der Waals surface area contributed by atoms with E-state index in [1.165, 1.54) is 16.8 Å². The normalized spacial score (nSPS) is 26.5. The van der Waals surface area contributed by atoms with Gasteiger partial charge in [-0.25, -0.2) is 20.2 Å². The number of fused-ring (bicyclic) bond motifs is 1. The minimum Gasteiger partial charge on any atom is -0.285 e. The van der Waals surface area contributed by atoms with E-state index in [-0.39, 0.29) is 12.1 Å². The Hall–Kier alpha value is -1.01. The van der Waals surface area contributed by atoms with Crippen molar-refractivity contribution < 1.29 is 4.79 Å². The average Bonchev–Trinajstić information content (AvgIpc) is 2.46. The largest absolute Gasteiger partial charge is 0.343 e. The third kappa shape index (κ3) is 1.42. The van der Waals surface area contributed by atoms with Gasteiger partial charge in [0.05, 0.1) is 0 Å². The molecule has 70 valence electrons. The Morgan fingerprint density at radius 1 is 1.69 bits per heavy atom. The van der Waals surface area contributed by atoms with Crippen molar-refractivity contribution in [3.8, 4) is 0 Å². The number of amides is 2. The molecular weight excluding hydrogens is 188 g/mol. The number of hydrazine groups is 1. The number of rotatable bonds is 0. The second kappa shape index (κ2) is 3.04. The van der Waals surface area contributed by atoms with Crippen LogP contribution in [-0.4, -0.2) is 28.5 Å². The highest BCUT2D eigenvalue weighted by Crippen LogP contribution is 2.18. The van der Waals surface area contributed by atoms with Crippen LogP contribution in [0.2, 0.25) is 0 Å². The van der Waals surface area contributed by atoms with E-state index in [2.05, 4.69) is 15.7 Å². The van der Waals surface area contributed by atoms with E-state index in [9.17, 15) is 4.79 Å². The molecule has 2 aliphatic rings. The third-order valence-electron chi connectivity index (χ3n) is 1.79. The van der Waals surface area contributed by atoms with Gasteiger partial charge in [-0.1, -0.05) is 11.8 Å². The fourth-order valence-corrected chi connectivity index (χ4v) is 1.61. The lowest BCUT2D eigenvalue weighted by atomic mass is 10.4. The molecule has 0 fully saturated rings. The minimum atomic E-state index is -0.171. The minimum absolute atomic E-state index is 0.158. The van der Waals surface area contributed by atoms with Crippen LogP contribution in [-0.2, 0) is 0 Å². The maximum Gasteiger partial charge on any atom is 0.343 e. The summed E-state index contributed by atoms with van der Waals surface area (Å²) in [5.74, 6) is 0.681. The molecule has 0 aromatic carbocycles. The van der Waals surface area contributed by atoms with Crippen molar-refractivity contribution in [1.29, 1.82) is 0 Å². The second-order valence-corrected chi connectivity index (χ2v) is 3.62. The van der Waals surface area contributed by atoms with Crippen LogP contribution in [0.15, 0.2) is 16.9 Å². The van der Waals surface area contributed by atoms with Crippen molar-refractivity contribution in [2.24, 2.45) is 4.99 Å². The molecule has 5 nitrogen and oxygen atoms in total. The van der Waals surface area contributed by atoms with E-state index in [4.69, 9.17) is 0 Å². The summed E-state index contributed by atoms with van der Waals surface area (Å²) in [4.78, 5) is 15.6. The molecule has 6 heteroatoms. The lowest BCUT2D eigenvalue weighted by molar-refractivity contribution is 0.197. The number of carbonyl (C=O) groups is 1. The Balaban J connectivity index is 2.30. The third-order valence-corrected chi connectivity index (χ3v) is 2.37. The molecular formula is C7H10N4OS. The number of nitrogens with one attached hydrogen (secondary N) is 2. The zero-order valence-electron chi connectivity index (χ0n) is 7.37. The predicted octanol–water partition coefficient (Wildman–Crippen LogP) is 0.479. The van der Waals surface area contributed by atoms with Crippen LogP contribution in [0, 0.1) is 0 Å². The summed E-state index contributed by atoms with van der Waals surface area (Å²) < 4.78 is 0. The molecule has 0 aromatic rings. The van der Waals surface area contributed by atoms with Crippen LogP contribution in [0.25, 0.3) is 0 Å². The number of nitrogens with zero attached hydrogens (tertiary/aromatic N) is 2. The summed E-state index contributed by atoms with van der Waals surface area (Å²) in [7, 11) is 0. The second-order valence-electron chi connectivity index (χ2n) is 2.83. The van der Waals surface area contributed by atoms with E-state index in [1.807, 2.05) is 19.3 Å². The number of aliphatic imine (C=N–C) groups is 1. The topological polar surface area (TPSA) is 56.7 Å². The lowest BCUT2D eigenvalue weighted by Crippen LogP contribution is -2.50. The molecule has 1 unspecified atom stereocenters. The van der Waals surface area contributed by atoms with E-state index < -0.39 is 0 Å². The monoisotopic (exact) mass is 198 g/mol. The Labute approximate surface area is 80.2 Å². The number of amidine groups is 1. The molecule has 0 radical (unpaired) electrons. The predicted molar refractivity (Wildman–Crippen MR) is 52.0 cm³/mol. The first-order valence-corrected chi connectivity index (χ1v) is 5.15. The average molecular weight is 198 g/mol. The summed E-state index contributed by atoms with van der Waals surface area (Å²) in [6, 6.07) is -0.0133. The molecule has 2 heterocycles. The van der Waals surface area contributed by atoms with Gasteiger partial charge in [-0.2, -0.15) is 0 Å². The zero-order chi connectivity index (χ0) is 9.42. The fourth-order valence-electron chi connectivity index (χ4n) is 1.23. The molecule has 0 aromatic heterocycles. The van der Waals surface area contributed by atoms with Gasteiger partial charge in [0, 0.05) is 6.04 Å². The summed E-state index contributed by atoms with van der Waals surface area (Å²) >= 11 is 1.42. The summed E-state index contributed by atoms with van der Waals surface area (Å²) in [5, 5.41) is 4.72. The van der Waals surface area contributed by atoms with Crippen LogP contribution in [0.1, 0.15) is 6.92 Å². The van der Waals surface area contributed by atoms with Gasteiger partial charge in [-0.05, 0) is 19.3 Å². The number of hydrogen-bond donors (Lipinski definition) is 2. The standard InChI is InChI=1S/C7H10N4OS/c1-4-3-5-8-6(13-2)9-7(12)11(5)10-4/h3-4,10H,1-2H3,(H,8,9,12). The highest BCUT2D eigenvalue weighted by atomic mass is 32.2. The Morgan fingerprint density at radius 3 is 3.15 bits per heavy atom. The Morgan fingerprint density at radius 2 is 2.46 bits per heavy atom. The van der Waals surface area contributed by atoms with Gasteiger partial charge in [0.2, 0.25) is 0 Å². The zero-order valence-corrected chi connectivity index (χ0v) is 8.18. The van der Waals surface area contributed by atoms with Crippen molar-refractivity contribution in [3.05, 3.63) is 11.9 Å². The molecule has 2 aliphatic heterocycles. The van der Waals surface area contributed by atoms with E-state index in [1.54, 1.807) is 0 Å². The molecule has 13 heavy (non-hydrogen) atoms. The summed E-state index contributed by atoms with van der Waals surface area (Å²) in [6.45, 7) is 1.97. The molecule has 0 saturated heterocycles. The molecule has 2 rings (SSSR count). The Kier molecular flexibility index (Phi) is 2.01. The van der Waals surface area contributed by atoms with Crippen molar-refractivity contribution in [3.63, 3.8) is 0 Å². The first-order chi connectivity index (χ1) is 6.20. The molecule has 1 atom stereocenters. The van der Waals surface area contributed by atoms with Gasteiger partial charge in [0.15, 0.2) is 11.0 Å². The fraction of sp³-hybridized carbons (Fsp3) is 0.429.